The molecule has 0 radical (unpaired) electrons. The number of hydrogen-bond donors (Lipinski definition) is 0. The minimum Gasteiger partial charge on any atom is -0.374 e. The Morgan fingerprint density at radius 2 is 2.13 bits per heavy atom. The van der Waals surface area contributed by atoms with Crippen molar-refractivity contribution >= 4 is 27.3 Å². The van der Waals surface area contributed by atoms with E-state index in [-0.39, 0.29) is 5.41 Å². The molecule has 78 valence electrons. The molecule has 0 saturated carbocycles. The summed E-state index contributed by atoms with van der Waals surface area (Å²) in [5, 5.41) is 0. The number of rotatable bonds is 0. The molecule has 1 aliphatic heterocycles. The first-order valence-corrected chi connectivity index (χ1v) is 5.67. The first-order chi connectivity index (χ1) is 6.95. The molecule has 0 N–H and O–H groups in total. The smallest absolute Gasteiger partial charge is 0.190 e. The summed E-state index contributed by atoms with van der Waals surface area (Å²) in [6.45, 7) is 12.5. The third kappa shape index (κ3) is 1.53. The molecule has 3 heteroatoms. The van der Waals surface area contributed by atoms with Crippen LogP contribution in [0.2, 0.25) is 0 Å². The summed E-state index contributed by atoms with van der Waals surface area (Å²) >= 11 is 3.57. The molecule has 0 spiro atoms. The van der Waals surface area contributed by atoms with Gasteiger partial charge in [0, 0.05) is 29.2 Å². The van der Waals surface area contributed by atoms with E-state index >= 15 is 0 Å². The van der Waals surface area contributed by atoms with E-state index in [1.807, 2.05) is 12.1 Å². The van der Waals surface area contributed by atoms with Crippen LogP contribution in [0.4, 0.5) is 11.4 Å². The van der Waals surface area contributed by atoms with Gasteiger partial charge in [-0.3, -0.25) is 0 Å². The molecule has 0 saturated heterocycles. The molecule has 0 aliphatic carbocycles. The highest BCUT2D eigenvalue weighted by molar-refractivity contribution is 9.10. The molecular weight excluding hydrogens is 252 g/mol. The summed E-state index contributed by atoms with van der Waals surface area (Å²) in [7, 11) is 2.08. The van der Waals surface area contributed by atoms with Crippen LogP contribution in [0.25, 0.3) is 4.85 Å². The van der Waals surface area contributed by atoms with Crippen LogP contribution in [-0.2, 0) is 5.41 Å². The van der Waals surface area contributed by atoms with Crippen LogP contribution >= 0.6 is 15.9 Å². The number of benzene rings is 1. The van der Waals surface area contributed by atoms with E-state index < -0.39 is 0 Å². The summed E-state index contributed by atoms with van der Waals surface area (Å²) in [5.41, 5.74) is 3.35. The molecule has 1 aromatic carbocycles. The first kappa shape index (κ1) is 10.5. The predicted molar refractivity (Wildman–Crippen MR) is 66.7 cm³/mol. The fraction of sp³-hybridized carbons (Fsp3) is 0.417. The quantitative estimate of drug-likeness (QED) is 0.648. The minimum absolute atomic E-state index is 0.156. The molecule has 1 aliphatic rings. The Morgan fingerprint density at radius 3 is 2.73 bits per heavy atom. The van der Waals surface area contributed by atoms with Crippen LogP contribution in [-0.4, -0.2) is 13.6 Å². The molecule has 0 aromatic heterocycles. The second kappa shape index (κ2) is 3.24. The summed E-state index contributed by atoms with van der Waals surface area (Å²) in [5.74, 6) is 0. The number of nitrogens with zero attached hydrogens (tertiary/aromatic N) is 2. The van der Waals surface area contributed by atoms with E-state index in [1.54, 1.807) is 0 Å². The lowest BCUT2D eigenvalue weighted by Gasteiger charge is -2.19. The molecule has 0 atom stereocenters. The van der Waals surface area contributed by atoms with Crippen molar-refractivity contribution in [1.29, 1.82) is 0 Å². The normalized spacial score (nSPS) is 17.4. The van der Waals surface area contributed by atoms with Crippen molar-refractivity contribution in [3.63, 3.8) is 0 Å². The second-order valence-corrected chi connectivity index (χ2v) is 5.53. The number of hydrogen-bond acceptors (Lipinski definition) is 1. The van der Waals surface area contributed by atoms with Crippen molar-refractivity contribution in [2.24, 2.45) is 0 Å². The predicted octanol–water partition coefficient (Wildman–Crippen LogP) is 3.73. The van der Waals surface area contributed by atoms with Gasteiger partial charge in [-0.15, -0.1) is 0 Å². The molecule has 0 amide bonds. The first-order valence-electron chi connectivity index (χ1n) is 4.88. The van der Waals surface area contributed by atoms with Gasteiger partial charge in [-0.2, -0.15) is 0 Å². The topological polar surface area (TPSA) is 7.60 Å². The zero-order valence-electron chi connectivity index (χ0n) is 9.13. The van der Waals surface area contributed by atoms with Crippen molar-refractivity contribution in [1.82, 2.24) is 0 Å². The standard InChI is InChI=1S/C12H13BrN2/c1-12(2)7-15(4)10-6-8(14-3)5-9(13)11(10)12/h5-6H,7H2,1-2,4H3. The third-order valence-corrected chi connectivity index (χ3v) is 3.53. The average Bonchev–Trinajstić information content (AvgIpc) is 2.37. The minimum atomic E-state index is 0.156. The lowest BCUT2D eigenvalue weighted by Crippen LogP contribution is -2.25. The highest BCUT2D eigenvalue weighted by atomic mass is 79.9. The van der Waals surface area contributed by atoms with Gasteiger partial charge in [-0.25, -0.2) is 4.85 Å². The average molecular weight is 265 g/mol. The number of likely N-dealkylation sites (N-methyl/N-ethyl adjacent to an activating group) is 1. The van der Waals surface area contributed by atoms with Crippen molar-refractivity contribution in [2.45, 2.75) is 19.3 Å². The van der Waals surface area contributed by atoms with E-state index in [9.17, 15) is 0 Å². The van der Waals surface area contributed by atoms with Gasteiger partial charge in [-0.1, -0.05) is 29.8 Å². The second-order valence-electron chi connectivity index (χ2n) is 4.67. The van der Waals surface area contributed by atoms with Crippen LogP contribution in [0.1, 0.15) is 19.4 Å². The molecular formula is C12H13BrN2. The zero-order chi connectivity index (χ0) is 11.2. The van der Waals surface area contributed by atoms with Crippen molar-refractivity contribution < 1.29 is 0 Å². The fourth-order valence-electron chi connectivity index (χ4n) is 2.37. The van der Waals surface area contributed by atoms with E-state index in [4.69, 9.17) is 6.57 Å². The lowest BCUT2D eigenvalue weighted by atomic mass is 9.87. The van der Waals surface area contributed by atoms with Gasteiger partial charge in [0.25, 0.3) is 0 Å². The molecule has 2 rings (SSSR count). The Balaban J connectivity index is 2.70. The molecule has 1 heterocycles. The van der Waals surface area contributed by atoms with Gasteiger partial charge < -0.3 is 4.90 Å². The summed E-state index contributed by atoms with van der Waals surface area (Å²) in [6, 6.07) is 3.88. The summed E-state index contributed by atoms with van der Waals surface area (Å²) in [4.78, 5) is 5.70. The van der Waals surface area contributed by atoms with Gasteiger partial charge >= 0.3 is 0 Å². The van der Waals surface area contributed by atoms with E-state index in [0.717, 1.165) is 11.0 Å². The van der Waals surface area contributed by atoms with E-state index in [0.29, 0.717) is 5.69 Å². The highest BCUT2D eigenvalue weighted by Crippen LogP contribution is 2.45. The number of halogens is 1. The Hall–Kier alpha value is -1.01. The van der Waals surface area contributed by atoms with Crippen LogP contribution < -0.4 is 4.90 Å². The van der Waals surface area contributed by atoms with Gasteiger partial charge in [0.1, 0.15) is 0 Å². The van der Waals surface area contributed by atoms with Crippen LogP contribution in [0.5, 0.6) is 0 Å². The maximum atomic E-state index is 7.05. The molecule has 1 aromatic rings. The monoisotopic (exact) mass is 264 g/mol. The zero-order valence-corrected chi connectivity index (χ0v) is 10.7. The van der Waals surface area contributed by atoms with Crippen LogP contribution in [0.15, 0.2) is 16.6 Å². The number of fused-ring (bicyclic) bond motifs is 1. The van der Waals surface area contributed by atoms with Crippen LogP contribution in [0.3, 0.4) is 0 Å². The van der Waals surface area contributed by atoms with Crippen molar-refractivity contribution in [3.8, 4) is 0 Å². The highest BCUT2D eigenvalue weighted by Gasteiger charge is 2.35. The van der Waals surface area contributed by atoms with Gasteiger partial charge in [0.2, 0.25) is 0 Å². The van der Waals surface area contributed by atoms with Gasteiger partial charge in [0.05, 0.1) is 6.57 Å². The molecule has 0 unspecified atom stereocenters. The SMILES string of the molecule is [C-]#[N+]c1cc(Br)c2c(c1)N(C)CC2(C)C. The molecule has 2 nitrogen and oxygen atoms in total. The molecule has 15 heavy (non-hydrogen) atoms. The lowest BCUT2D eigenvalue weighted by molar-refractivity contribution is 0.561. The maximum Gasteiger partial charge on any atom is 0.190 e. The van der Waals surface area contributed by atoms with Crippen molar-refractivity contribution in [2.75, 3.05) is 18.5 Å². The third-order valence-electron chi connectivity index (χ3n) is 2.90. The number of anilines is 1. The fourth-order valence-corrected chi connectivity index (χ4v) is 3.35. The summed E-state index contributed by atoms with van der Waals surface area (Å²) in [6.07, 6.45) is 0. The Bertz CT molecular complexity index is 457. The summed E-state index contributed by atoms with van der Waals surface area (Å²) < 4.78 is 1.06. The Kier molecular flexibility index (Phi) is 2.27. The Morgan fingerprint density at radius 1 is 1.47 bits per heavy atom. The molecule has 0 bridgehead atoms. The Labute approximate surface area is 98.8 Å². The van der Waals surface area contributed by atoms with E-state index in [2.05, 4.69) is 46.6 Å². The van der Waals surface area contributed by atoms with Crippen molar-refractivity contribution in [3.05, 3.63) is 33.6 Å². The van der Waals surface area contributed by atoms with Gasteiger partial charge in [0.15, 0.2) is 5.69 Å². The maximum absolute atomic E-state index is 7.05. The largest absolute Gasteiger partial charge is 0.374 e. The van der Waals surface area contributed by atoms with E-state index in [1.165, 1.54) is 11.3 Å². The van der Waals surface area contributed by atoms with Crippen LogP contribution in [0, 0.1) is 6.57 Å². The molecule has 0 fully saturated rings. The van der Waals surface area contributed by atoms with Gasteiger partial charge in [-0.05, 0) is 17.7 Å².